The molecule has 0 radical (unpaired) electrons. The molecule has 1 aromatic rings. The summed E-state index contributed by atoms with van der Waals surface area (Å²) in [5.41, 5.74) is 0. The lowest BCUT2D eigenvalue weighted by atomic mass is 11.3. The smallest absolute Gasteiger partial charge is 0.0684 e. The zero-order chi connectivity index (χ0) is 3.54. The number of rotatable bonds is 0. The molecule has 1 heterocycles. The molecule has 0 spiro atoms. The van der Waals surface area contributed by atoms with Crippen molar-refractivity contribution in [1.29, 1.82) is 0 Å². The molecule has 0 aliphatic rings. The summed E-state index contributed by atoms with van der Waals surface area (Å²) in [5.74, 6) is 2.67. The molecule has 1 unspecified atom stereocenters. The standard InChI is InChI=1S/C2HN2P/c1-2-5-4-3-1/h5H. The van der Waals surface area contributed by atoms with Crippen molar-refractivity contribution >= 4 is 8.35 Å². The number of hydrogen-bond donors (Lipinski definition) is 0. The molecule has 5 heavy (non-hydrogen) atoms. The molecule has 0 amide bonds. The fourth-order valence-corrected chi connectivity index (χ4v) is 0.375. The van der Waals surface area contributed by atoms with Gasteiger partial charge in [0.25, 0.3) is 0 Å². The lowest BCUT2D eigenvalue weighted by Crippen LogP contribution is -1.50. The Morgan fingerprint density at radius 1 is 1.60 bits per heavy atom. The van der Waals surface area contributed by atoms with Crippen LogP contribution in [0.3, 0.4) is 0 Å². The van der Waals surface area contributed by atoms with Gasteiger partial charge < -0.3 is 0 Å². The third-order valence-corrected chi connectivity index (χ3v) is 0.685. The van der Waals surface area contributed by atoms with Crippen molar-refractivity contribution in [3.8, 4) is 0 Å². The topological polar surface area (TPSA) is 25.8 Å². The molecule has 0 saturated heterocycles. The van der Waals surface area contributed by atoms with E-state index < -0.39 is 0 Å². The van der Waals surface area contributed by atoms with Crippen LogP contribution in [-0.4, -0.2) is 9.96 Å². The Labute approximate surface area is 31.4 Å². The molecular weight excluding hydrogens is 83.0 g/mol. The first kappa shape index (κ1) is 2.68. The van der Waals surface area contributed by atoms with Gasteiger partial charge in [-0.15, -0.1) is 4.86 Å². The molecular formula is C2HN2P. The minimum absolute atomic E-state index is 0.406. The zero-order valence-corrected chi connectivity index (χ0v) is 3.39. The van der Waals surface area contributed by atoms with Crippen LogP contribution < -0.4 is 0 Å². The molecule has 0 aliphatic heterocycles. The zero-order valence-electron chi connectivity index (χ0n) is 2.39. The number of nitrogens with zero attached hydrogens (tertiary/aromatic N) is 2. The van der Waals surface area contributed by atoms with Crippen molar-refractivity contribution in [1.82, 2.24) is 9.96 Å². The highest BCUT2D eigenvalue weighted by Crippen LogP contribution is 1.78. The van der Waals surface area contributed by atoms with Gasteiger partial charge in [-0.2, -0.15) is 0 Å². The first-order valence-electron chi connectivity index (χ1n) is 1.15. The van der Waals surface area contributed by atoms with Crippen molar-refractivity contribution in [2.75, 3.05) is 0 Å². The van der Waals surface area contributed by atoms with Crippen LogP contribution in [0.15, 0.2) is 0 Å². The maximum atomic E-state index is 3.51. The highest BCUT2D eigenvalue weighted by Gasteiger charge is 1.52. The molecule has 0 bridgehead atoms. The maximum Gasteiger partial charge on any atom is 0.0684 e. The Balaban J connectivity index is 3.13. The van der Waals surface area contributed by atoms with Crippen LogP contribution >= 0.6 is 8.35 Å². The van der Waals surface area contributed by atoms with Crippen LogP contribution in [-0.2, 0) is 0 Å². The summed E-state index contributed by atoms with van der Waals surface area (Å²) < 4.78 is 0. The van der Waals surface area contributed by atoms with Gasteiger partial charge in [0.05, 0.1) is 6.20 Å². The van der Waals surface area contributed by atoms with Crippen molar-refractivity contribution in [3.05, 3.63) is 12.0 Å². The summed E-state index contributed by atoms with van der Waals surface area (Å²) in [4.78, 5) is 3.51. The average molecular weight is 84.0 g/mol. The normalized spacial score (nSPS) is 8.00. The predicted molar refractivity (Wildman–Crippen MR) is 19.2 cm³/mol. The molecule has 1 aromatic heterocycles. The quantitative estimate of drug-likeness (QED) is 0.445. The highest BCUT2D eigenvalue weighted by molar-refractivity contribution is 7.23. The minimum atomic E-state index is 0.406. The summed E-state index contributed by atoms with van der Waals surface area (Å²) in [7, 11) is 0.406. The average Bonchev–Trinajstić information content (AvgIpc) is 1.76. The van der Waals surface area contributed by atoms with Crippen LogP contribution in [0.2, 0.25) is 0 Å². The Bertz CT molecular complexity index is 64.1. The molecule has 0 aliphatic carbocycles. The summed E-state index contributed by atoms with van der Waals surface area (Å²) in [6, 6.07) is 0. The molecule has 24 valence electrons. The summed E-state index contributed by atoms with van der Waals surface area (Å²) in [6.45, 7) is 0. The second-order valence-corrected chi connectivity index (χ2v) is 1.22. The van der Waals surface area contributed by atoms with Gasteiger partial charge in [-0.1, -0.05) is 5.10 Å². The third kappa shape index (κ3) is 0.371. The van der Waals surface area contributed by atoms with E-state index >= 15 is 0 Å². The van der Waals surface area contributed by atoms with Crippen LogP contribution in [0.5, 0.6) is 0 Å². The van der Waals surface area contributed by atoms with Gasteiger partial charge >= 0.3 is 0 Å². The molecule has 0 fully saturated rings. The van der Waals surface area contributed by atoms with E-state index in [0.717, 1.165) is 0 Å². The summed E-state index contributed by atoms with van der Waals surface area (Å²) in [5, 5.41) is 3.36. The first-order valence-corrected chi connectivity index (χ1v) is 2.09. The van der Waals surface area contributed by atoms with E-state index in [4.69, 9.17) is 0 Å². The lowest BCUT2D eigenvalue weighted by molar-refractivity contribution is 1.16. The van der Waals surface area contributed by atoms with Gasteiger partial charge in [-0.25, -0.2) is 0 Å². The Morgan fingerprint density at radius 2 is 2.60 bits per heavy atom. The monoisotopic (exact) mass is 84.0 g/mol. The second-order valence-electron chi connectivity index (χ2n) is 0.549. The van der Waals surface area contributed by atoms with Crippen LogP contribution in [0, 0.1) is 12.0 Å². The molecule has 0 aromatic carbocycles. The van der Waals surface area contributed by atoms with Gasteiger partial charge in [0.2, 0.25) is 0 Å². The summed E-state index contributed by atoms with van der Waals surface area (Å²) >= 11 is 0. The Hall–Kier alpha value is -0.540. The van der Waals surface area contributed by atoms with Gasteiger partial charge in [0.15, 0.2) is 0 Å². The maximum absolute atomic E-state index is 3.51. The van der Waals surface area contributed by atoms with E-state index in [1.165, 1.54) is 0 Å². The van der Waals surface area contributed by atoms with E-state index in [9.17, 15) is 0 Å². The van der Waals surface area contributed by atoms with Gasteiger partial charge in [0, 0.05) is 8.35 Å². The molecule has 0 saturated carbocycles. The van der Waals surface area contributed by atoms with Crippen molar-refractivity contribution in [2.45, 2.75) is 0 Å². The Morgan fingerprint density at radius 3 is 2.80 bits per heavy atom. The predicted octanol–water partition coefficient (Wildman–Crippen LogP) is 0.108. The van der Waals surface area contributed by atoms with Crippen LogP contribution in [0.1, 0.15) is 0 Å². The van der Waals surface area contributed by atoms with Crippen molar-refractivity contribution < 1.29 is 0 Å². The number of hydrogen-bond acceptors (Lipinski definition) is 2. The third-order valence-electron chi connectivity index (χ3n) is 0.262. The van der Waals surface area contributed by atoms with E-state index in [1.54, 1.807) is 0 Å². The van der Waals surface area contributed by atoms with E-state index in [0.29, 0.717) is 8.35 Å². The van der Waals surface area contributed by atoms with Gasteiger partial charge in [0.1, 0.15) is 0 Å². The molecule has 1 rings (SSSR count). The second kappa shape index (κ2) is 1.05. The lowest BCUT2D eigenvalue weighted by Gasteiger charge is -1.40. The number of aromatic nitrogens is 2. The molecule has 1 atom stereocenters. The first-order chi connectivity index (χ1) is 2.50. The fraction of sp³-hybridized carbons (Fsp3) is 0. The van der Waals surface area contributed by atoms with E-state index in [1.807, 2.05) is 0 Å². The summed E-state index contributed by atoms with van der Waals surface area (Å²) in [6.07, 6.45) is 2.44. The van der Waals surface area contributed by atoms with Crippen molar-refractivity contribution in [2.24, 2.45) is 0 Å². The van der Waals surface area contributed by atoms with Gasteiger partial charge in [-0.05, 0) is 5.80 Å². The fourth-order valence-electron chi connectivity index (χ4n) is 0.125. The van der Waals surface area contributed by atoms with Crippen LogP contribution in [0.4, 0.5) is 0 Å². The van der Waals surface area contributed by atoms with Crippen molar-refractivity contribution in [3.63, 3.8) is 0 Å². The van der Waals surface area contributed by atoms with Crippen LogP contribution in [0.25, 0.3) is 0 Å². The Kier molecular flexibility index (Phi) is 0.565. The van der Waals surface area contributed by atoms with E-state index in [-0.39, 0.29) is 0 Å². The SMILES string of the molecule is c1nn[pH]c#1. The largest absolute Gasteiger partial charge is 0.125 e. The molecule has 0 N–H and O–H groups in total. The minimum Gasteiger partial charge on any atom is -0.125 e. The molecule has 2 nitrogen and oxygen atoms in total. The molecule has 3 heteroatoms. The van der Waals surface area contributed by atoms with Gasteiger partial charge in [-0.3, -0.25) is 0 Å². The highest BCUT2D eigenvalue weighted by atomic mass is 31.0. The van der Waals surface area contributed by atoms with E-state index in [2.05, 4.69) is 22.0 Å².